The zero-order valence-corrected chi connectivity index (χ0v) is 16.2. The maximum absolute atomic E-state index is 13.9. The van der Waals surface area contributed by atoms with E-state index in [4.69, 9.17) is 14.2 Å². The Kier molecular flexibility index (Phi) is 5.85. The van der Waals surface area contributed by atoms with Crippen molar-refractivity contribution in [1.82, 2.24) is 4.31 Å². The van der Waals surface area contributed by atoms with Crippen molar-refractivity contribution in [3.05, 3.63) is 54.3 Å². The van der Waals surface area contributed by atoms with E-state index in [1.165, 1.54) is 44.6 Å². The van der Waals surface area contributed by atoms with Gasteiger partial charge in [0.15, 0.2) is 11.6 Å². The van der Waals surface area contributed by atoms with Crippen LogP contribution in [0.4, 0.5) is 4.39 Å². The largest absolute Gasteiger partial charge is 0.495 e. The molecule has 1 aliphatic rings. The Hall–Kier alpha value is -2.65. The summed E-state index contributed by atoms with van der Waals surface area (Å²) in [6, 6.07) is 10.8. The molecule has 2 aromatic carbocycles. The van der Waals surface area contributed by atoms with E-state index in [1.807, 2.05) is 0 Å². The maximum atomic E-state index is 13.9. The minimum Gasteiger partial charge on any atom is -0.495 e. The van der Waals surface area contributed by atoms with Gasteiger partial charge in [0.05, 0.1) is 20.8 Å². The van der Waals surface area contributed by atoms with Gasteiger partial charge in [0.1, 0.15) is 22.8 Å². The van der Waals surface area contributed by atoms with Crippen molar-refractivity contribution < 1.29 is 31.8 Å². The molecule has 3 rings (SSSR count). The summed E-state index contributed by atoms with van der Waals surface area (Å²) in [5.41, 5.74) is 0. The number of rotatable bonds is 6. The van der Waals surface area contributed by atoms with Crippen LogP contribution in [0.15, 0.2) is 53.4 Å². The first-order valence-electron chi connectivity index (χ1n) is 8.52. The number of para-hydroxylation sites is 2. The first-order chi connectivity index (χ1) is 13.4. The highest BCUT2D eigenvalue weighted by atomic mass is 32.2. The fourth-order valence-electron chi connectivity index (χ4n) is 3.15. The lowest BCUT2D eigenvalue weighted by atomic mass is 10.2. The number of methoxy groups -OCH3 is 2. The maximum Gasteiger partial charge on any atom is 0.324 e. The van der Waals surface area contributed by atoms with E-state index in [0.29, 0.717) is 0 Å². The van der Waals surface area contributed by atoms with Gasteiger partial charge in [0.2, 0.25) is 10.0 Å². The molecule has 1 fully saturated rings. The fourth-order valence-corrected chi connectivity index (χ4v) is 4.93. The second kappa shape index (κ2) is 8.15. The second-order valence-corrected chi connectivity index (χ2v) is 8.03. The molecule has 2 aromatic rings. The normalized spacial score (nSPS) is 20.0. The second-order valence-electron chi connectivity index (χ2n) is 6.17. The molecule has 1 heterocycles. The summed E-state index contributed by atoms with van der Waals surface area (Å²) in [7, 11) is -1.54. The Labute approximate surface area is 162 Å². The van der Waals surface area contributed by atoms with Crippen molar-refractivity contribution in [3.8, 4) is 11.5 Å². The molecule has 1 saturated heterocycles. The molecule has 2 atom stereocenters. The number of hydrogen-bond donors (Lipinski definition) is 0. The molecular weight excluding hydrogens is 389 g/mol. The van der Waals surface area contributed by atoms with Gasteiger partial charge < -0.3 is 14.2 Å². The average Bonchev–Trinajstić information content (AvgIpc) is 3.14. The molecule has 0 radical (unpaired) electrons. The number of nitrogens with zero attached hydrogens (tertiary/aromatic N) is 1. The van der Waals surface area contributed by atoms with Crippen LogP contribution in [0.5, 0.6) is 11.5 Å². The topological polar surface area (TPSA) is 82.1 Å². The standard InChI is InChI=1S/C19H20FNO6S/c1-25-17-9-5-6-10-18(17)28(23,24)21-12-13(11-15(21)19(22)26-2)27-16-8-4-3-7-14(16)20/h3-10,13,15H,11-12H2,1-2H3. The highest BCUT2D eigenvalue weighted by Crippen LogP contribution is 2.33. The van der Waals surface area contributed by atoms with Crippen molar-refractivity contribution in [2.24, 2.45) is 0 Å². The van der Waals surface area contributed by atoms with E-state index < -0.39 is 34.0 Å². The lowest BCUT2D eigenvalue weighted by Crippen LogP contribution is -2.41. The number of carbonyl (C=O) groups is 1. The molecule has 9 heteroatoms. The lowest BCUT2D eigenvalue weighted by Gasteiger charge is -2.22. The fraction of sp³-hybridized carbons (Fsp3) is 0.316. The molecule has 0 amide bonds. The summed E-state index contributed by atoms with van der Waals surface area (Å²) in [5, 5.41) is 0. The molecule has 0 spiro atoms. The van der Waals surface area contributed by atoms with Crippen molar-refractivity contribution in [1.29, 1.82) is 0 Å². The Morgan fingerprint density at radius 3 is 2.36 bits per heavy atom. The van der Waals surface area contributed by atoms with E-state index >= 15 is 0 Å². The predicted molar refractivity (Wildman–Crippen MR) is 98.1 cm³/mol. The first kappa shape index (κ1) is 20.1. The average molecular weight is 409 g/mol. The third-order valence-corrected chi connectivity index (χ3v) is 6.39. The van der Waals surface area contributed by atoms with Crippen LogP contribution < -0.4 is 9.47 Å². The molecule has 2 unspecified atom stereocenters. The van der Waals surface area contributed by atoms with Crippen molar-refractivity contribution in [2.75, 3.05) is 20.8 Å². The number of benzene rings is 2. The molecule has 28 heavy (non-hydrogen) atoms. The summed E-state index contributed by atoms with van der Waals surface area (Å²) in [5.74, 6) is -1.13. The summed E-state index contributed by atoms with van der Waals surface area (Å²) >= 11 is 0. The van der Waals surface area contributed by atoms with Crippen molar-refractivity contribution in [2.45, 2.75) is 23.5 Å². The molecule has 1 aliphatic heterocycles. The quantitative estimate of drug-likeness (QED) is 0.681. The number of sulfonamides is 1. The minimum absolute atomic E-state index is 0.00680. The van der Waals surface area contributed by atoms with E-state index in [0.717, 1.165) is 4.31 Å². The van der Waals surface area contributed by atoms with E-state index in [1.54, 1.807) is 18.2 Å². The summed E-state index contributed by atoms with van der Waals surface area (Å²) in [6.07, 6.45) is -0.680. The number of esters is 1. The third-order valence-electron chi connectivity index (χ3n) is 4.48. The van der Waals surface area contributed by atoms with Gasteiger partial charge in [-0.05, 0) is 24.3 Å². The van der Waals surface area contributed by atoms with Crippen LogP contribution in [-0.4, -0.2) is 51.6 Å². The van der Waals surface area contributed by atoms with E-state index in [9.17, 15) is 17.6 Å². The molecule has 150 valence electrons. The van der Waals surface area contributed by atoms with Crippen LogP contribution in [0.25, 0.3) is 0 Å². The summed E-state index contributed by atoms with van der Waals surface area (Å²) in [6.45, 7) is -0.130. The third kappa shape index (κ3) is 3.81. The molecule has 0 saturated carbocycles. The summed E-state index contributed by atoms with van der Waals surface area (Å²) < 4.78 is 56.9. The monoisotopic (exact) mass is 409 g/mol. The van der Waals surface area contributed by atoms with Crippen molar-refractivity contribution >= 4 is 16.0 Å². The molecule has 0 aromatic heterocycles. The van der Waals surface area contributed by atoms with Gasteiger partial charge in [-0.1, -0.05) is 24.3 Å². The Morgan fingerprint density at radius 2 is 1.71 bits per heavy atom. The van der Waals surface area contributed by atoms with Gasteiger partial charge in [-0.25, -0.2) is 12.8 Å². The molecule has 0 aliphatic carbocycles. The van der Waals surface area contributed by atoms with Crippen LogP contribution in [0, 0.1) is 5.82 Å². The molecule has 7 nitrogen and oxygen atoms in total. The highest BCUT2D eigenvalue weighted by molar-refractivity contribution is 7.89. The van der Waals surface area contributed by atoms with Crippen LogP contribution in [0.3, 0.4) is 0 Å². The molecular formula is C19H20FNO6S. The number of halogens is 1. The smallest absolute Gasteiger partial charge is 0.324 e. The van der Waals surface area contributed by atoms with Crippen LogP contribution >= 0.6 is 0 Å². The van der Waals surface area contributed by atoms with Crippen LogP contribution in [0.2, 0.25) is 0 Å². The molecule has 0 N–H and O–H groups in total. The van der Waals surface area contributed by atoms with Gasteiger partial charge in [0, 0.05) is 6.42 Å². The number of hydrogen-bond acceptors (Lipinski definition) is 6. The Morgan fingerprint density at radius 1 is 1.07 bits per heavy atom. The molecule has 0 bridgehead atoms. The Balaban J connectivity index is 1.93. The summed E-state index contributed by atoms with van der Waals surface area (Å²) in [4.78, 5) is 12.2. The van der Waals surface area contributed by atoms with E-state index in [-0.39, 0.29) is 29.4 Å². The van der Waals surface area contributed by atoms with Crippen LogP contribution in [0.1, 0.15) is 6.42 Å². The van der Waals surface area contributed by atoms with Crippen LogP contribution in [-0.2, 0) is 19.6 Å². The van der Waals surface area contributed by atoms with Gasteiger partial charge in [0.25, 0.3) is 0 Å². The lowest BCUT2D eigenvalue weighted by molar-refractivity contribution is -0.144. The first-order valence-corrected chi connectivity index (χ1v) is 9.96. The minimum atomic E-state index is -4.09. The predicted octanol–water partition coefficient (Wildman–Crippen LogP) is 2.22. The number of carbonyl (C=O) groups excluding carboxylic acids is 1. The SMILES string of the molecule is COC(=O)C1CC(Oc2ccccc2F)CN1S(=O)(=O)c1ccccc1OC. The van der Waals surface area contributed by atoms with E-state index in [2.05, 4.69) is 0 Å². The van der Waals surface area contributed by atoms with Gasteiger partial charge in [-0.2, -0.15) is 4.31 Å². The van der Waals surface area contributed by atoms with Gasteiger partial charge >= 0.3 is 5.97 Å². The van der Waals surface area contributed by atoms with Gasteiger partial charge in [-0.15, -0.1) is 0 Å². The van der Waals surface area contributed by atoms with Gasteiger partial charge in [-0.3, -0.25) is 4.79 Å². The Bertz CT molecular complexity index is 964. The zero-order chi connectivity index (χ0) is 20.3. The van der Waals surface area contributed by atoms with Crippen molar-refractivity contribution in [3.63, 3.8) is 0 Å². The number of ether oxygens (including phenoxy) is 3. The highest BCUT2D eigenvalue weighted by Gasteiger charge is 2.46. The zero-order valence-electron chi connectivity index (χ0n) is 15.4.